The van der Waals surface area contributed by atoms with E-state index in [0.717, 1.165) is 51.0 Å². The van der Waals surface area contributed by atoms with Crippen molar-refractivity contribution in [1.29, 1.82) is 0 Å². The van der Waals surface area contributed by atoms with Gasteiger partial charge in [-0.3, -0.25) is 4.90 Å². The standard InChI is InChI=1S/C15H22Cl2N2O.2ClH/c1-2-3-4-14(19-7-5-18-6-8-19)12-9-11(16)10-13(17)15(12)20;;/h9-10,14,18,20H,2-8H2,1H3;2*1H/t14-;;/m1../s1. The summed E-state index contributed by atoms with van der Waals surface area (Å²) in [5.74, 6) is 0.177. The van der Waals surface area contributed by atoms with Crippen LogP contribution in [0.25, 0.3) is 0 Å². The highest BCUT2D eigenvalue weighted by atomic mass is 35.5. The van der Waals surface area contributed by atoms with Crippen LogP contribution in [0.1, 0.15) is 37.8 Å². The van der Waals surface area contributed by atoms with Crippen molar-refractivity contribution in [3.63, 3.8) is 0 Å². The van der Waals surface area contributed by atoms with Gasteiger partial charge in [0.05, 0.1) is 5.02 Å². The van der Waals surface area contributed by atoms with Crippen molar-refractivity contribution in [3.8, 4) is 5.75 Å². The largest absolute Gasteiger partial charge is 0.506 e. The molecule has 0 unspecified atom stereocenters. The van der Waals surface area contributed by atoms with Crippen LogP contribution in [-0.4, -0.2) is 36.2 Å². The van der Waals surface area contributed by atoms with Crippen LogP contribution in [0.15, 0.2) is 12.1 Å². The van der Waals surface area contributed by atoms with E-state index in [-0.39, 0.29) is 36.6 Å². The number of phenols is 1. The smallest absolute Gasteiger partial charge is 0.139 e. The molecule has 1 aliphatic rings. The zero-order chi connectivity index (χ0) is 14.5. The minimum absolute atomic E-state index is 0. The zero-order valence-electron chi connectivity index (χ0n) is 12.6. The van der Waals surface area contributed by atoms with Crippen LogP contribution >= 0.6 is 48.0 Å². The Bertz CT molecular complexity index is 453. The van der Waals surface area contributed by atoms with E-state index in [4.69, 9.17) is 23.2 Å². The Kier molecular flexibility index (Phi) is 10.8. The van der Waals surface area contributed by atoms with E-state index in [0.29, 0.717) is 10.0 Å². The Labute approximate surface area is 155 Å². The van der Waals surface area contributed by atoms with Crippen LogP contribution in [0.5, 0.6) is 5.75 Å². The lowest BCUT2D eigenvalue weighted by Gasteiger charge is -2.35. The molecule has 1 saturated heterocycles. The monoisotopic (exact) mass is 388 g/mol. The molecule has 0 saturated carbocycles. The van der Waals surface area contributed by atoms with E-state index in [1.54, 1.807) is 6.07 Å². The molecule has 0 radical (unpaired) electrons. The number of aromatic hydroxyl groups is 1. The predicted molar refractivity (Wildman–Crippen MR) is 99.3 cm³/mol. The van der Waals surface area contributed by atoms with Crippen molar-refractivity contribution in [2.45, 2.75) is 32.2 Å². The molecule has 2 N–H and O–H groups in total. The number of hydrogen-bond donors (Lipinski definition) is 2. The molecule has 7 heteroatoms. The molecular weight excluding hydrogens is 366 g/mol. The minimum Gasteiger partial charge on any atom is -0.506 e. The second kappa shape index (κ2) is 10.8. The van der Waals surface area contributed by atoms with Crippen molar-refractivity contribution in [2.75, 3.05) is 26.2 Å². The SMILES string of the molecule is CCCC[C@H](c1cc(Cl)cc(Cl)c1O)N1CCNCC1.Cl.Cl. The summed E-state index contributed by atoms with van der Waals surface area (Å²) in [4.78, 5) is 2.41. The van der Waals surface area contributed by atoms with Crippen molar-refractivity contribution in [3.05, 3.63) is 27.7 Å². The first-order chi connectivity index (χ1) is 9.63. The number of piperazine rings is 1. The quantitative estimate of drug-likeness (QED) is 0.767. The fourth-order valence-corrected chi connectivity index (χ4v) is 3.28. The second-order valence-electron chi connectivity index (χ2n) is 5.27. The summed E-state index contributed by atoms with van der Waals surface area (Å²) in [6.45, 7) is 6.12. The highest BCUT2D eigenvalue weighted by Gasteiger charge is 2.25. The van der Waals surface area contributed by atoms with Gasteiger partial charge in [-0.25, -0.2) is 0 Å². The summed E-state index contributed by atoms with van der Waals surface area (Å²) in [6.07, 6.45) is 3.27. The molecule has 2 rings (SSSR count). The van der Waals surface area contributed by atoms with Crippen LogP contribution in [0, 0.1) is 0 Å². The van der Waals surface area contributed by atoms with E-state index in [9.17, 15) is 5.11 Å². The number of nitrogens with one attached hydrogen (secondary N) is 1. The minimum atomic E-state index is 0. The molecule has 22 heavy (non-hydrogen) atoms. The van der Waals surface area contributed by atoms with E-state index < -0.39 is 0 Å². The predicted octanol–water partition coefficient (Wildman–Crippen LogP) is 4.68. The van der Waals surface area contributed by atoms with Gasteiger partial charge in [-0.1, -0.05) is 43.0 Å². The molecule has 0 spiro atoms. The molecule has 0 aromatic heterocycles. The maximum Gasteiger partial charge on any atom is 0.139 e. The van der Waals surface area contributed by atoms with E-state index in [1.807, 2.05) is 6.07 Å². The molecule has 1 aromatic rings. The number of rotatable bonds is 5. The molecule has 1 aliphatic heterocycles. The van der Waals surface area contributed by atoms with Gasteiger partial charge in [0.1, 0.15) is 5.75 Å². The van der Waals surface area contributed by atoms with E-state index in [1.165, 1.54) is 0 Å². The van der Waals surface area contributed by atoms with Gasteiger partial charge in [0.25, 0.3) is 0 Å². The van der Waals surface area contributed by atoms with Gasteiger partial charge in [0.2, 0.25) is 0 Å². The van der Waals surface area contributed by atoms with E-state index >= 15 is 0 Å². The van der Waals surface area contributed by atoms with Crippen LogP contribution in [0.4, 0.5) is 0 Å². The summed E-state index contributed by atoms with van der Waals surface area (Å²) in [7, 11) is 0. The first kappa shape index (κ1) is 22.1. The summed E-state index contributed by atoms with van der Waals surface area (Å²) < 4.78 is 0. The lowest BCUT2D eigenvalue weighted by Crippen LogP contribution is -2.45. The number of hydrogen-bond acceptors (Lipinski definition) is 3. The third-order valence-electron chi connectivity index (χ3n) is 3.84. The molecule has 1 aromatic carbocycles. The van der Waals surface area contributed by atoms with Crippen LogP contribution < -0.4 is 5.32 Å². The highest BCUT2D eigenvalue weighted by Crippen LogP contribution is 2.39. The number of phenolic OH excluding ortho intramolecular Hbond substituents is 1. The van der Waals surface area contributed by atoms with Gasteiger partial charge in [0, 0.05) is 42.8 Å². The Morgan fingerprint density at radius 1 is 1.23 bits per heavy atom. The number of benzene rings is 1. The number of nitrogens with zero attached hydrogens (tertiary/aromatic N) is 1. The highest BCUT2D eigenvalue weighted by molar-refractivity contribution is 6.35. The fourth-order valence-electron chi connectivity index (χ4n) is 2.77. The van der Waals surface area contributed by atoms with Crippen molar-refractivity contribution >= 4 is 48.0 Å². The van der Waals surface area contributed by atoms with Gasteiger partial charge in [-0.2, -0.15) is 0 Å². The Hall–Kier alpha value is 0.1000. The lowest BCUT2D eigenvalue weighted by molar-refractivity contribution is 0.160. The van der Waals surface area contributed by atoms with Gasteiger partial charge >= 0.3 is 0 Å². The average Bonchev–Trinajstić information content (AvgIpc) is 2.45. The van der Waals surface area contributed by atoms with Gasteiger partial charge < -0.3 is 10.4 Å². The molecule has 1 atom stereocenters. The Morgan fingerprint density at radius 3 is 2.45 bits per heavy atom. The van der Waals surface area contributed by atoms with E-state index in [2.05, 4.69) is 17.1 Å². The van der Waals surface area contributed by atoms with Gasteiger partial charge in [-0.15, -0.1) is 24.8 Å². The molecule has 0 amide bonds. The van der Waals surface area contributed by atoms with Crippen LogP contribution in [0.3, 0.4) is 0 Å². The molecule has 1 heterocycles. The maximum atomic E-state index is 10.3. The fraction of sp³-hybridized carbons (Fsp3) is 0.600. The van der Waals surface area contributed by atoms with Crippen molar-refractivity contribution in [1.82, 2.24) is 10.2 Å². The van der Waals surface area contributed by atoms with Gasteiger partial charge in [0.15, 0.2) is 0 Å². The summed E-state index contributed by atoms with van der Waals surface area (Å²) >= 11 is 12.2. The average molecular weight is 390 g/mol. The molecule has 0 aliphatic carbocycles. The summed E-state index contributed by atoms with van der Waals surface area (Å²) in [5.41, 5.74) is 0.859. The number of halogens is 4. The Morgan fingerprint density at radius 2 is 1.86 bits per heavy atom. The summed E-state index contributed by atoms with van der Waals surface area (Å²) in [5, 5.41) is 14.6. The topological polar surface area (TPSA) is 35.5 Å². The summed E-state index contributed by atoms with van der Waals surface area (Å²) in [6, 6.07) is 3.63. The molecule has 128 valence electrons. The normalized spacial score (nSPS) is 16.5. The molecule has 3 nitrogen and oxygen atoms in total. The van der Waals surface area contributed by atoms with Crippen molar-refractivity contribution in [2.24, 2.45) is 0 Å². The molecular formula is C15H24Cl4N2O. The van der Waals surface area contributed by atoms with Crippen molar-refractivity contribution < 1.29 is 5.11 Å². The van der Waals surface area contributed by atoms with Gasteiger partial charge in [-0.05, 0) is 18.6 Å². The molecule has 0 bridgehead atoms. The number of unbranched alkanes of at least 4 members (excludes halogenated alkanes) is 1. The maximum absolute atomic E-state index is 10.3. The zero-order valence-corrected chi connectivity index (χ0v) is 15.8. The Balaban J connectivity index is 0.00000220. The van der Waals surface area contributed by atoms with Crippen LogP contribution in [0.2, 0.25) is 10.0 Å². The van der Waals surface area contributed by atoms with Crippen LogP contribution in [-0.2, 0) is 0 Å². The third-order valence-corrected chi connectivity index (χ3v) is 4.35. The third kappa shape index (κ3) is 5.63. The molecule has 1 fully saturated rings. The second-order valence-corrected chi connectivity index (χ2v) is 6.11. The first-order valence-electron chi connectivity index (χ1n) is 7.26. The lowest BCUT2D eigenvalue weighted by atomic mass is 9.98. The first-order valence-corrected chi connectivity index (χ1v) is 8.01.